The summed E-state index contributed by atoms with van der Waals surface area (Å²) < 4.78 is 0.790. The molecule has 1 aromatic carbocycles. The summed E-state index contributed by atoms with van der Waals surface area (Å²) >= 11 is 3.39. The van der Waals surface area contributed by atoms with Crippen molar-refractivity contribution in [2.45, 2.75) is 32.4 Å². The Morgan fingerprint density at radius 2 is 2.11 bits per heavy atom. The Bertz CT molecular complexity index is 526. The number of carbonyl (C=O) groups is 2. The zero-order valence-electron chi connectivity index (χ0n) is 10.9. The van der Waals surface area contributed by atoms with Crippen LogP contribution < -0.4 is 11.1 Å². The molecule has 1 aromatic rings. The van der Waals surface area contributed by atoms with E-state index in [1.807, 2.05) is 19.1 Å². The smallest absolute Gasteiger partial charge is 0.325 e. The van der Waals surface area contributed by atoms with Gasteiger partial charge in [-0.15, -0.1) is 0 Å². The van der Waals surface area contributed by atoms with E-state index in [9.17, 15) is 9.59 Å². The molecule has 1 aliphatic rings. The lowest BCUT2D eigenvalue weighted by molar-refractivity contribution is -0.131. The Morgan fingerprint density at radius 3 is 2.63 bits per heavy atom. The monoisotopic (exact) mass is 325 g/mol. The number of amides is 3. The molecule has 3 N–H and O–H groups in total. The number of carbonyl (C=O) groups excluding carboxylic acids is 2. The van der Waals surface area contributed by atoms with Crippen LogP contribution in [-0.4, -0.2) is 22.4 Å². The van der Waals surface area contributed by atoms with Crippen LogP contribution in [0, 0.1) is 0 Å². The van der Waals surface area contributed by atoms with Crippen LogP contribution in [0.2, 0.25) is 0 Å². The minimum atomic E-state index is -0.812. The molecule has 5 nitrogen and oxygen atoms in total. The maximum absolute atomic E-state index is 12.3. The molecule has 1 fully saturated rings. The van der Waals surface area contributed by atoms with Gasteiger partial charge in [-0.1, -0.05) is 28.9 Å². The third-order valence-corrected chi connectivity index (χ3v) is 4.27. The van der Waals surface area contributed by atoms with Gasteiger partial charge in [0.15, 0.2) is 0 Å². The maximum Gasteiger partial charge on any atom is 0.325 e. The molecule has 0 radical (unpaired) electrons. The molecular formula is C13H16BrN3O2. The summed E-state index contributed by atoms with van der Waals surface area (Å²) in [5.41, 5.74) is 6.38. The van der Waals surface area contributed by atoms with Crippen LogP contribution in [0.15, 0.2) is 22.7 Å². The maximum atomic E-state index is 12.3. The highest BCUT2D eigenvalue weighted by Gasteiger charge is 2.46. The van der Waals surface area contributed by atoms with Crippen molar-refractivity contribution in [1.82, 2.24) is 10.2 Å². The lowest BCUT2D eigenvalue weighted by Gasteiger charge is -2.20. The van der Waals surface area contributed by atoms with Crippen molar-refractivity contribution in [1.29, 1.82) is 0 Å². The van der Waals surface area contributed by atoms with Gasteiger partial charge < -0.3 is 11.1 Å². The number of hydrogen-bond donors (Lipinski definition) is 2. The molecule has 2 rings (SSSR count). The first-order valence-corrected chi connectivity index (χ1v) is 6.85. The van der Waals surface area contributed by atoms with Crippen molar-refractivity contribution in [3.63, 3.8) is 0 Å². The van der Waals surface area contributed by atoms with E-state index in [-0.39, 0.29) is 18.5 Å². The van der Waals surface area contributed by atoms with E-state index in [1.165, 1.54) is 4.90 Å². The molecular weight excluding hydrogens is 310 g/mol. The molecule has 0 spiro atoms. The van der Waals surface area contributed by atoms with Crippen molar-refractivity contribution in [3.8, 4) is 0 Å². The van der Waals surface area contributed by atoms with Crippen molar-refractivity contribution in [2.24, 2.45) is 0 Å². The molecule has 102 valence electrons. The Kier molecular flexibility index (Phi) is 3.54. The van der Waals surface area contributed by atoms with E-state index >= 15 is 0 Å². The number of imide groups is 1. The number of nitrogens with two attached hydrogens (primary N) is 1. The second-order valence-corrected chi connectivity index (χ2v) is 5.67. The zero-order chi connectivity index (χ0) is 14.2. The highest BCUT2D eigenvalue weighted by Crippen LogP contribution is 2.28. The van der Waals surface area contributed by atoms with Crippen molar-refractivity contribution < 1.29 is 9.59 Å². The summed E-state index contributed by atoms with van der Waals surface area (Å²) in [6.07, 6.45) is 0.555. The third-order valence-electron chi connectivity index (χ3n) is 3.52. The van der Waals surface area contributed by atoms with Crippen molar-refractivity contribution in [3.05, 3.63) is 28.2 Å². The molecule has 1 heterocycles. The molecule has 1 unspecified atom stereocenters. The zero-order valence-corrected chi connectivity index (χ0v) is 12.5. The molecule has 1 atom stereocenters. The second-order valence-electron chi connectivity index (χ2n) is 4.81. The molecule has 6 heteroatoms. The topological polar surface area (TPSA) is 75.4 Å². The average Bonchev–Trinajstić information content (AvgIpc) is 2.57. The van der Waals surface area contributed by atoms with Gasteiger partial charge in [-0.3, -0.25) is 9.69 Å². The van der Waals surface area contributed by atoms with Gasteiger partial charge in [-0.05, 0) is 25.5 Å². The number of nitrogens with one attached hydrogen (secondary N) is 1. The number of halogens is 1. The first kappa shape index (κ1) is 13.9. The minimum Gasteiger partial charge on any atom is -0.398 e. The molecule has 1 aliphatic heterocycles. The summed E-state index contributed by atoms with van der Waals surface area (Å²) in [7, 11) is 0. The fraction of sp³-hybridized carbons (Fsp3) is 0.385. The van der Waals surface area contributed by atoms with Gasteiger partial charge in [0, 0.05) is 15.7 Å². The van der Waals surface area contributed by atoms with Crippen LogP contribution in [0.4, 0.5) is 10.5 Å². The Morgan fingerprint density at radius 1 is 1.42 bits per heavy atom. The number of nitrogen functional groups attached to an aromatic ring is 1. The highest BCUT2D eigenvalue weighted by molar-refractivity contribution is 9.10. The predicted molar refractivity (Wildman–Crippen MR) is 76.3 cm³/mol. The quantitative estimate of drug-likeness (QED) is 0.661. The van der Waals surface area contributed by atoms with Crippen LogP contribution in [0.3, 0.4) is 0 Å². The fourth-order valence-electron chi connectivity index (χ4n) is 2.03. The van der Waals surface area contributed by atoms with Gasteiger partial charge >= 0.3 is 6.03 Å². The summed E-state index contributed by atoms with van der Waals surface area (Å²) in [5.74, 6) is -0.213. The van der Waals surface area contributed by atoms with E-state index in [0.29, 0.717) is 12.1 Å². The SMILES string of the molecule is CCC1(C)NC(=O)N(Cc2c(N)cccc2Br)C1=O. The molecule has 0 saturated carbocycles. The second kappa shape index (κ2) is 4.85. The first-order valence-electron chi connectivity index (χ1n) is 6.06. The normalized spacial score (nSPS) is 22.8. The van der Waals surface area contributed by atoms with Gasteiger partial charge in [-0.2, -0.15) is 0 Å². The Labute approximate surface area is 120 Å². The number of hydrogen-bond acceptors (Lipinski definition) is 3. The van der Waals surface area contributed by atoms with Gasteiger partial charge in [-0.25, -0.2) is 4.79 Å². The molecule has 19 heavy (non-hydrogen) atoms. The van der Waals surface area contributed by atoms with E-state index in [1.54, 1.807) is 13.0 Å². The van der Waals surface area contributed by atoms with Crippen LogP contribution in [0.5, 0.6) is 0 Å². The third kappa shape index (κ3) is 2.32. The molecule has 0 aromatic heterocycles. The molecule has 0 aliphatic carbocycles. The number of benzene rings is 1. The summed E-state index contributed by atoms with van der Waals surface area (Å²) in [6, 6.07) is 5.02. The first-order chi connectivity index (χ1) is 8.89. The summed E-state index contributed by atoms with van der Waals surface area (Å²) in [6.45, 7) is 3.78. The summed E-state index contributed by atoms with van der Waals surface area (Å²) in [4.78, 5) is 25.4. The predicted octanol–water partition coefficient (Wildman–Crippen LogP) is 2.25. The van der Waals surface area contributed by atoms with Gasteiger partial charge in [0.2, 0.25) is 0 Å². The van der Waals surface area contributed by atoms with Gasteiger partial charge in [0.1, 0.15) is 5.54 Å². The molecule has 1 saturated heterocycles. The number of anilines is 1. The van der Waals surface area contributed by atoms with E-state index in [0.717, 1.165) is 10.0 Å². The fourth-order valence-corrected chi connectivity index (χ4v) is 2.54. The van der Waals surface area contributed by atoms with Crippen LogP contribution in [0.1, 0.15) is 25.8 Å². The van der Waals surface area contributed by atoms with Gasteiger partial charge in [0.05, 0.1) is 6.54 Å². The van der Waals surface area contributed by atoms with Gasteiger partial charge in [0.25, 0.3) is 5.91 Å². The minimum absolute atomic E-state index is 0.174. The largest absolute Gasteiger partial charge is 0.398 e. The summed E-state index contributed by atoms with van der Waals surface area (Å²) in [5, 5.41) is 2.72. The molecule has 3 amide bonds. The Balaban J connectivity index is 2.30. The number of rotatable bonds is 3. The number of urea groups is 1. The standard InChI is InChI=1S/C13H16BrN3O2/c1-3-13(2)11(18)17(12(19)16-13)7-8-9(14)5-4-6-10(8)15/h4-6H,3,7,15H2,1-2H3,(H,16,19). The molecule has 0 bridgehead atoms. The van der Waals surface area contributed by atoms with Crippen LogP contribution in [-0.2, 0) is 11.3 Å². The number of nitrogens with zero attached hydrogens (tertiary/aromatic N) is 1. The van der Waals surface area contributed by atoms with E-state index < -0.39 is 5.54 Å². The lowest BCUT2D eigenvalue weighted by Crippen LogP contribution is -2.43. The highest BCUT2D eigenvalue weighted by atomic mass is 79.9. The average molecular weight is 326 g/mol. The van der Waals surface area contributed by atoms with Crippen molar-refractivity contribution in [2.75, 3.05) is 5.73 Å². The lowest BCUT2D eigenvalue weighted by atomic mass is 9.99. The van der Waals surface area contributed by atoms with Crippen LogP contribution in [0.25, 0.3) is 0 Å². The van der Waals surface area contributed by atoms with Crippen LogP contribution >= 0.6 is 15.9 Å². The Hall–Kier alpha value is -1.56. The van der Waals surface area contributed by atoms with E-state index in [4.69, 9.17) is 5.73 Å². The van der Waals surface area contributed by atoms with Crippen molar-refractivity contribution >= 4 is 33.6 Å². The van der Waals surface area contributed by atoms with E-state index in [2.05, 4.69) is 21.2 Å².